The van der Waals surface area contributed by atoms with E-state index in [1.807, 2.05) is 0 Å². The van der Waals surface area contributed by atoms with E-state index in [4.69, 9.17) is 29.2 Å². The summed E-state index contributed by atoms with van der Waals surface area (Å²) in [5.41, 5.74) is -0.362. The van der Waals surface area contributed by atoms with Crippen LogP contribution in [0.15, 0.2) is 47.9 Å². The highest BCUT2D eigenvalue weighted by Gasteiger charge is 2.25. The van der Waals surface area contributed by atoms with E-state index in [0.717, 1.165) is 0 Å². The van der Waals surface area contributed by atoms with E-state index in [9.17, 15) is 19.2 Å². The summed E-state index contributed by atoms with van der Waals surface area (Å²) in [4.78, 5) is 48.7. The topological polar surface area (TPSA) is 146 Å². The Morgan fingerprint density at radius 1 is 0.750 bits per heavy atom. The van der Waals surface area contributed by atoms with Crippen LogP contribution in [0.4, 0.5) is 0 Å². The van der Waals surface area contributed by atoms with Crippen LogP contribution in [0.25, 0.3) is 0 Å². The van der Waals surface area contributed by atoms with Gasteiger partial charge in [-0.3, -0.25) is 0 Å². The molecule has 0 aromatic heterocycles. The van der Waals surface area contributed by atoms with Crippen molar-refractivity contribution in [3.05, 3.63) is 59.1 Å². The van der Waals surface area contributed by atoms with Crippen LogP contribution in [0.2, 0.25) is 0 Å². The zero-order valence-corrected chi connectivity index (χ0v) is 18.2. The van der Waals surface area contributed by atoms with E-state index < -0.39 is 36.5 Å². The second-order valence-corrected chi connectivity index (χ2v) is 6.32. The molecule has 2 atom stereocenters. The van der Waals surface area contributed by atoms with Gasteiger partial charge in [-0.05, 0) is 25.0 Å². The number of benzene rings is 1. The number of ether oxygens (including phenoxy) is 4. The van der Waals surface area contributed by atoms with Crippen molar-refractivity contribution in [2.75, 3.05) is 0 Å². The van der Waals surface area contributed by atoms with Crippen molar-refractivity contribution in [3.63, 3.8) is 0 Å². The van der Waals surface area contributed by atoms with Gasteiger partial charge in [0.25, 0.3) is 0 Å². The van der Waals surface area contributed by atoms with Crippen molar-refractivity contribution in [1.82, 2.24) is 0 Å². The van der Waals surface area contributed by atoms with Gasteiger partial charge in [-0.2, -0.15) is 0 Å². The first kappa shape index (κ1) is 26.2. The van der Waals surface area contributed by atoms with Gasteiger partial charge >= 0.3 is 23.9 Å². The Morgan fingerprint density at radius 2 is 1.09 bits per heavy atom. The lowest BCUT2D eigenvalue weighted by Gasteiger charge is -2.17. The average molecular weight is 450 g/mol. The molecule has 0 radical (unpaired) electrons. The van der Waals surface area contributed by atoms with Crippen LogP contribution < -0.4 is 0 Å². The van der Waals surface area contributed by atoms with Crippen LogP contribution in [0.5, 0.6) is 0 Å². The van der Waals surface area contributed by atoms with Gasteiger partial charge in [0.1, 0.15) is 0 Å². The summed E-state index contributed by atoms with van der Waals surface area (Å²) < 4.78 is 20.0. The molecule has 0 aliphatic rings. The molecule has 0 aliphatic carbocycles. The van der Waals surface area contributed by atoms with Crippen LogP contribution in [0, 0.1) is 0 Å². The summed E-state index contributed by atoms with van der Waals surface area (Å²) in [5, 5.41) is 18.0. The van der Waals surface area contributed by atoms with E-state index in [0.29, 0.717) is 12.5 Å². The molecule has 1 aromatic carbocycles. The first-order valence-electron chi connectivity index (χ1n) is 9.77. The van der Waals surface area contributed by atoms with Crippen molar-refractivity contribution in [1.29, 1.82) is 0 Å². The molecule has 0 saturated heterocycles. The van der Waals surface area contributed by atoms with Gasteiger partial charge in [-0.1, -0.05) is 26.0 Å². The highest BCUT2D eigenvalue weighted by atomic mass is 16.7. The van der Waals surface area contributed by atoms with Crippen LogP contribution >= 0.6 is 0 Å². The first-order valence-corrected chi connectivity index (χ1v) is 9.77. The first-order chi connectivity index (χ1) is 15.2. The van der Waals surface area contributed by atoms with Gasteiger partial charge in [-0.25, -0.2) is 19.2 Å². The molecule has 0 aliphatic heterocycles. The maximum atomic E-state index is 12.5. The zero-order valence-electron chi connectivity index (χ0n) is 18.2. The van der Waals surface area contributed by atoms with Crippen LogP contribution in [0.1, 0.15) is 61.3 Å². The lowest BCUT2D eigenvalue weighted by atomic mass is 10.1. The highest BCUT2D eigenvalue weighted by molar-refractivity contribution is 6.03. The third-order valence-electron chi connectivity index (χ3n) is 4.06. The molecule has 0 amide bonds. The predicted molar refractivity (Wildman–Crippen MR) is 110 cm³/mol. The summed E-state index contributed by atoms with van der Waals surface area (Å²) in [6, 6.07) is 5.57. The summed E-state index contributed by atoms with van der Waals surface area (Å²) in [6.45, 7) is 5.85. The van der Waals surface area contributed by atoms with Gasteiger partial charge in [-0.15, -0.1) is 0 Å². The highest BCUT2D eigenvalue weighted by Crippen LogP contribution is 2.16. The minimum absolute atomic E-state index is 0.0114. The van der Waals surface area contributed by atoms with Gasteiger partial charge in [0, 0.05) is 13.8 Å². The van der Waals surface area contributed by atoms with E-state index in [-0.39, 0.29) is 35.1 Å². The molecule has 0 saturated carbocycles. The molecular weight excluding hydrogens is 424 g/mol. The normalized spacial score (nSPS) is 13.5. The number of carbonyl (C=O) groups excluding carboxylic acids is 4. The smallest absolute Gasteiger partial charge is 0.342 e. The lowest BCUT2D eigenvalue weighted by molar-refractivity contribution is -0.162. The van der Waals surface area contributed by atoms with E-state index in [1.165, 1.54) is 38.1 Å². The minimum atomic E-state index is -1.31. The molecule has 0 bridgehead atoms. The fourth-order valence-electron chi connectivity index (χ4n) is 2.35. The lowest BCUT2D eigenvalue weighted by Crippen LogP contribution is -2.26. The van der Waals surface area contributed by atoms with Gasteiger partial charge in [0.2, 0.25) is 12.6 Å². The Hall–Kier alpha value is -3.82. The molecule has 174 valence electrons. The summed E-state index contributed by atoms with van der Waals surface area (Å²) in [6.07, 6.45) is -0.981. The molecule has 1 aromatic rings. The fourth-order valence-corrected chi connectivity index (χ4v) is 2.35. The number of aliphatic hydroxyl groups excluding tert-OH is 2. The zero-order chi connectivity index (χ0) is 24.3. The second-order valence-electron chi connectivity index (χ2n) is 6.32. The van der Waals surface area contributed by atoms with Gasteiger partial charge in [0.15, 0.2) is 0 Å². The van der Waals surface area contributed by atoms with Crippen LogP contribution in [-0.4, -0.2) is 46.7 Å². The molecule has 0 spiro atoms. The molecule has 0 unspecified atom stereocenters. The Bertz CT molecular complexity index is 827. The van der Waals surface area contributed by atoms with Gasteiger partial charge < -0.3 is 29.2 Å². The Balaban J connectivity index is 2.86. The Labute approximate surface area is 185 Å². The molecule has 0 fully saturated rings. The van der Waals surface area contributed by atoms with E-state index >= 15 is 0 Å². The average Bonchev–Trinajstić information content (AvgIpc) is 2.75. The second kappa shape index (κ2) is 12.8. The molecule has 10 nitrogen and oxygen atoms in total. The van der Waals surface area contributed by atoms with Gasteiger partial charge in [0.05, 0.1) is 34.8 Å². The van der Waals surface area contributed by atoms with Crippen molar-refractivity contribution in [2.45, 2.75) is 53.1 Å². The third kappa shape index (κ3) is 7.46. The van der Waals surface area contributed by atoms with E-state index in [1.54, 1.807) is 13.8 Å². The molecule has 2 N–H and O–H groups in total. The largest absolute Gasteiger partial charge is 0.515 e. The molecular formula is C22H26O10. The Kier molecular flexibility index (Phi) is 10.5. The maximum Gasteiger partial charge on any atom is 0.342 e. The monoisotopic (exact) mass is 450 g/mol. The number of esters is 4. The minimum Gasteiger partial charge on any atom is -0.515 e. The fraction of sp³-hybridized carbons (Fsp3) is 0.364. The van der Waals surface area contributed by atoms with Crippen molar-refractivity contribution in [2.24, 2.45) is 0 Å². The standard InChI is InChI=1S/C22H26O10/c1-5-15(11-23)19(25)29-13(3)31-21(27)17-9-7-8-10-18(17)22(28)32-14(4)30-20(26)16(6-2)12-24/h7-14,23-24H,5-6H2,1-4H3/b15-11-,16-12-/t13-,14-/m1/s1. The quantitative estimate of drug-likeness (QED) is 0.235. The molecule has 10 heteroatoms. The Morgan fingerprint density at radius 3 is 1.38 bits per heavy atom. The maximum absolute atomic E-state index is 12.5. The van der Waals surface area contributed by atoms with Crippen molar-refractivity contribution < 1.29 is 48.3 Å². The summed E-state index contributed by atoms with van der Waals surface area (Å²) in [5.74, 6) is -3.65. The summed E-state index contributed by atoms with van der Waals surface area (Å²) in [7, 11) is 0. The molecule has 0 heterocycles. The number of hydrogen-bond donors (Lipinski definition) is 2. The predicted octanol–water partition coefficient (Wildman–Crippen LogP) is 3.48. The molecule has 32 heavy (non-hydrogen) atoms. The number of carbonyl (C=O) groups is 4. The van der Waals surface area contributed by atoms with E-state index in [2.05, 4.69) is 0 Å². The van der Waals surface area contributed by atoms with Crippen LogP contribution in [-0.2, 0) is 28.5 Å². The number of rotatable bonds is 10. The number of hydrogen-bond acceptors (Lipinski definition) is 10. The number of aliphatic hydroxyl groups is 2. The van der Waals surface area contributed by atoms with Crippen molar-refractivity contribution in [3.8, 4) is 0 Å². The third-order valence-corrected chi connectivity index (χ3v) is 4.06. The van der Waals surface area contributed by atoms with Crippen molar-refractivity contribution >= 4 is 23.9 Å². The van der Waals surface area contributed by atoms with Crippen LogP contribution in [0.3, 0.4) is 0 Å². The SMILES string of the molecule is CC/C(=C/O)C(=O)O[C@@H](C)OC(=O)c1ccccc1C(=O)O[C@H](C)OC(=O)/C(=C\O)CC. The summed E-state index contributed by atoms with van der Waals surface area (Å²) >= 11 is 0. The molecule has 1 rings (SSSR count).